The standard InChI is InChI=1S/C20H27N3O4/c1-14-8-10-15(11-9-14)21(2)18(24)13-27-19(25)12-23-17-7-5-4-6-16(17)22(3)20(23)26/h4-7,14-15H,8-13H2,1-3H3. The number of hydrogen-bond donors (Lipinski definition) is 0. The molecule has 1 aliphatic rings. The molecule has 146 valence electrons. The van der Waals surface area contributed by atoms with Crippen molar-refractivity contribution in [2.75, 3.05) is 13.7 Å². The van der Waals surface area contributed by atoms with E-state index < -0.39 is 5.97 Å². The highest BCUT2D eigenvalue weighted by Crippen LogP contribution is 2.26. The van der Waals surface area contributed by atoms with Gasteiger partial charge in [-0.15, -0.1) is 0 Å². The first kappa shape index (κ1) is 19.2. The molecule has 0 bridgehead atoms. The van der Waals surface area contributed by atoms with Crippen LogP contribution in [-0.2, 0) is 27.9 Å². The van der Waals surface area contributed by atoms with Crippen molar-refractivity contribution in [2.45, 2.75) is 45.2 Å². The van der Waals surface area contributed by atoms with Gasteiger partial charge < -0.3 is 9.64 Å². The summed E-state index contributed by atoms with van der Waals surface area (Å²) >= 11 is 0. The Hall–Kier alpha value is -2.57. The second-order valence-electron chi connectivity index (χ2n) is 7.50. The Bertz CT molecular complexity index is 890. The largest absolute Gasteiger partial charge is 0.454 e. The Kier molecular flexibility index (Phi) is 5.68. The maximum Gasteiger partial charge on any atom is 0.329 e. The number of hydrogen-bond acceptors (Lipinski definition) is 4. The molecule has 0 saturated heterocycles. The molecule has 1 amide bonds. The van der Waals surface area contributed by atoms with Crippen molar-refractivity contribution in [3.8, 4) is 0 Å². The first-order valence-corrected chi connectivity index (χ1v) is 9.44. The van der Waals surface area contributed by atoms with Gasteiger partial charge >= 0.3 is 11.7 Å². The van der Waals surface area contributed by atoms with Crippen LogP contribution in [0.3, 0.4) is 0 Å². The van der Waals surface area contributed by atoms with Gasteiger partial charge in [0.15, 0.2) is 6.61 Å². The number of nitrogens with zero attached hydrogens (tertiary/aromatic N) is 3. The number of likely N-dealkylation sites (N-methyl/N-ethyl adjacent to an activating group) is 1. The van der Waals surface area contributed by atoms with Crippen LogP contribution in [0.1, 0.15) is 32.6 Å². The van der Waals surface area contributed by atoms with Gasteiger partial charge in [0, 0.05) is 20.1 Å². The topological polar surface area (TPSA) is 73.5 Å². The highest BCUT2D eigenvalue weighted by atomic mass is 16.5. The van der Waals surface area contributed by atoms with Crippen LogP contribution in [0, 0.1) is 5.92 Å². The molecule has 7 nitrogen and oxygen atoms in total. The number of carbonyl (C=O) groups excluding carboxylic acids is 2. The van der Waals surface area contributed by atoms with Crippen LogP contribution in [0.5, 0.6) is 0 Å². The molecule has 0 N–H and O–H groups in total. The number of imidazole rings is 1. The number of amides is 1. The maximum absolute atomic E-state index is 12.3. The first-order chi connectivity index (χ1) is 12.9. The fraction of sp³-hybridized carbons (Fsp3) is 0.550. The van der Waals surface area contributed by atoms with Gasteiger partial charge in [0.2, 0.25) is 0 Å². The zero-order valence-electron chi connectivity index (χ0n) is 16.2. The molecular weight excluding hydrogens is 346 g/mol. The molecule has 1 aromatic heterocycles. The third-order valence-electron chi connectivity index (χ3n) is 5.62. The second kappa shape index (κ2) is 7.98. The minimum atomic E-state index is -0.590. The Morgan fingerprint density at radius 3 is 2.44 bits per heavy atom. The van der Waals surface area contributed by atoms with E-state index in [9.17, 15) is 14.4 Å². The van der Waals surface area contributed by atoms with Gasteiger partial charge in [0.05, 0.1) is 11.0 Å². The quantitative estimate of drug-likeness (QED) is 0.751. The second-order valence-corrected chi connectivity index (χ2v) is 7.50. The summed E-state index contributed by atoms with van der Waals surface area (Å²) in [5.74, 6) is -0.0813. The number of aromatic nitrogens is 2. The van der Waals surface area contributed by atoms with Crippen molar-refractivity contribution in [3.63, 3.8) is 0 Å². The van der Waals surface area contributed by atoms with Crippen molar-refractivity contribution in [1.29, 1.82) is 0 Å². The maximum atomic E-state index is 12.3. The molecule has 1 fully saturated rings. The molecule has 0 aliphatic heterocycles. The third-order valence-corrected chi connectivity index (χ3v) is 5.62. The van der Waals surface area contributed by atoms with E-state index in [1.807, 2.05) is 18.2 Å². The average Bonchev–Trinajstić information content (AvgIpc) is 2.91. The predicted octanol–water partition coefficient (Wildman–Crippen LogP) is 1.92. The number of esters is 1. The summed E-state index contributed by atoms with van der Waals surface area (Å²) in [5.41, 5.74) is 1.13. The number of carbonyl (C=O) groups is 2. The predicted molar refractivity (Wildman–Crippen MR) is 102 cm³/mol. The lowest BCUT2D eigenvalue weighted by Gasteiger charge is -2.33. The van der Waals surface area contributed by atoms with Crippen molar-refractivity contribution in [2.24, 2.45) is 13.0 Å². The Morgan fingerprint density at radius 2 is 1.78 bits per heavy atom. The van der Waals surface area contributed by atoms with Crippen LogP contribution in [0.4, 0.5) is 0 Å². The van der Waals surface area contributed by atoms with Gasteiger partial charge in [-0.25, -0.2) is 4.79 Å². The van der Waals surface area contributed by atoms with Gasteiger partial charge in [0.25, 0.3) is 5.91 Å². The van der Waals surface area contributed by atoms with Crippen molar-refractivity contribution >= 4 is 22.9 Å². The number of rotatable bonds is 5. The van der Waals surface area contributed by atoms with Crippen molar-refractivity contribution < 1.29 is 14.3 Å². The average molecular weight is 373 g/mol. The zero-order chi connectivity index (χ0) is 19.6. The number of benzene rings is 1. The van der Waals surface area contributed by atoms with Crippen LogP contribution >= 0.6 is 0 Å². The molecule has 7 heteroatoms. The highest BCUT2D eigenvalue weighted by Gasteiger charge is 2.25. The summed E-state index contributed by atoms with van der Waals surface area (Å²) in [6.07, 6.45) is 4.21. The molecule has 0 unspecified atom stereocenters. The fourth-order valence-electron chi connectivity index (χ4n) is 3.77. The molecular formula is C20H27N3O4. The summed E-state index contributed by atoms with van der Waals surface area (Å²) in [6.45, 7) is 1.73. The highest BCUT2D eigenvalue weighted by molar-refractivity contribution is 5.82. The lowest BCUT2D eigenvalue weighted by Crippen LogP contribution is -2.41. The monoisotopic (exact) mass is 373 g/mol. The van der Waals surface area contributed by atoms with E-state index in [4.69, 9.17) is 4.74 Å². The summed E-state index contributed by atoms with van der Waals surface area (Å²) in [4.78, 5) is 38.6. The van der Waals surface area contributed by atoms with Crippen molar-refractivity contribution in [3.05, 3.63) is 34.7 Å². The van der Waals surface area contributed by atoms with Crippen LogP contribution in [-0.4, -0.2) is 45.6 Å². The smallest absolute Gasteiger partial charge is 0.329 e. The van der Waals surface area contributed by atoms with E-state index in [1.54, 1.807) is 25.1 Å². The van der Waals surface area contributed by atoms with E-state index in [-0.39, 0.29) is 30.8 Å². The van der Waals surface area contributed by atoms with Crippen LogP contribution in [0.2, 0.25) is 0 Å². The lowest BCUT2D eigenvalue weighted by molar-refractivity contribution is -0.153. The van der Waals surface area contributed by atoms with Gasteiger partial charge in [-0.05, 0) is 43.7 Å². The Balaban J connectivity index is 1.58. The number of para-hydroxylation sites is 2. The summed E-state index contributed by atoms with van der Waals surface area (Å²) in [5, 5.41) is 0. The van der Waals surface area contributed by atoms with E-state index in [2.05, 4.69) is 6.92 Å². The Labute approximate surface area is 158 Å². The lowest BCUT2D eigenvalue weighted by atomic mass is 9.87. The normalized spacial score (nSPS) is 19.8. The number of ether oxygens (including phenoxy) is 1. The SMILES string of the molecule is CC1CCC(N(C)C(=O)COC(=O)Cn2c(=O)n(C)c3ccccc32)CC1. The van der Waals surface area contributed by atoms with Gasteiger partial charge in [-0.1, -0.05) is 19.1 Å². The van der Waals surface area contributed by atoms with Crippen LogP contribution in [0.15, 0.2) is 29.1 Å². The molecule has 1 aromatic carbocycles. The fourth-order valence-corrected chi connectivity index (χ4v) is 3.77. The number of aryl methyl sites for hydroxylation is 1. The van der Waals surface area contributed by atoms with Crippen LogP contribution < -0.4 is 5.69 Å². The number of fused-ring (bicyclic) bond motifs is 1. The molecule has 1 heterocycles. The summed E-state index contributed by atoms with van der Waals surface area (Å²) in [7, 11) is 3.43. The molecule has 0 atom stereocenters. The molecule has 0 radical (unpaired) electrons. The summed E-state index contributed by atoms with van der Waals surface area (Å²) in [6, 6.07) is 7.47. The minimum Gasteiger partial charge on any atom is -0.454 e. The van der Waals surface area contributed by atoms with E-state index in [0.29, 0.717) is 11.4 Å². The first-order valence-electron chi connectivity index (χ1n) is 9.44. The summed E-state index contributed by atoms with van der Waals surface area (Å²) < 4.78 is 8.02. The van der Waals surface area contributed by atoms with Gasteiger partial charge in [0.1, 0.15) is 6.54 Å². The Morgan fingerprint density at radius 1 is 1.15 bits per heavy atom. The molecule has 1 aliphatic carbocycles. The molecule has 0 spiro atoms. The molecule has 27 heavy (non-hydrogen) atoms. The van der Waals surface area contributed by atoms with E-state index >= 15 is 0 Å². The van der Waals surface area contributed by atoms with E-state index in [1.165, 1.54) is 9.13 Å². The van der Waals surface area contributed by atoms with Gasteiger partial charge in [-0.2, -0.15) is 0 Å². The molecule has 2 aromatic rings. The molecule has 3 rings (SSSR count). The third kappa shape index (κ3) is 4.07. The molecule has 1 saturated carbocycles. The van der Waals surface area contributed by atoms with E-state index in [0.717, 1.165) is 31.2 Å². The zero-order valence-corrected chi connectivity index (χ0v) is 16.2. The van der Waals surface area contributed by atoms with Crippen molar-refractivity contribution in [1.82, 2.24) is 14.0 Å². The van der Waals surface area contributed by atoms with Gasteiger partial charge in [-0.3, -0.25) is 18.7 Å². The van der Waals surface area contributed by atoms with Crippen LogP contribution in [0.25, 0.3) is 11.0 Å². The minimum absolute atomic E-state index is 0.201.